The summed E-state index contributed by atoms with van der Waals surface area (Å²) in [7, 11) is 0. The highest BCUT2D eigenvalue weighted by Crippen LogP contribution is 2.17. The van der Waals surface area contributed by atoms with Crippen LogP contribution >= 0.6 is 0 Å². The summed E-state index contributed by atoms with van der Waals surface area (Å²) >= 11 is 0. The van der Waals surface area contributed by atoms with Crippen LogP contribution in [0.25, 0.3) is 0 Å². The smallest absolute Gasteiger partial charge is 0.0991 e. The van der Waals surface area contributed by atoms with E-state index in [2.05, 4.69) is 28.5 Å². The van der Waals surface area contributed by atoms with Crippen LogP contribution in [-0.2, 0) is 6.42 Å². The highest BCUT2D eigenvalue weighted by Gasteiger charge is 2.07. The van der Waals surface area contributed by atoms with Crippen molar-refractivity contribution in [2.75, 3.05) is 11.9 Å². The van der Waals surface area contributed by atoms with Crippen molar-refractivity contribution >= 4 is 5.69 Å². The maximum absolute atomic E-state index is 10.2. The fraction of sp³-hybridized carbons (Fsp3) is 0.143. The van der Waals surface area contributed by atoms with Gasteiger partial charge < -0.3 is 10.4 Å². The van der Waals surface area contributed by atoms with Crippen LogP contribution < -0.4 is 5.32 Å². The largest absolute Gasteiger partial charge is 0.387 e. The Morgan fingerprint density at radius 1 is 0.920 bits per heavy atom. The van der Waals surface area contributed by atoms with Crippen molar-refractivity contribution in [2.24, 2.45) is 0 Å². The van der Waals surface area contributed by atoms with E-state index in [1.165, 1.54) is 11.1 Å². The molecule has 124 valence electrons. The molecule has 0 amide bonds. The van der Waals surface area contributed by atoms with Gasteiger partial charge in [-0.3, -0.25) is 4.98 Å². The molecule has 3 aromatic rings. The molecular weight excluding hydrogens is 310 g/mol. The van der Waals surface area contributed by atoms with E-state index in [1.807, 2.05) is 24.3 Å². The SMILES string of the molecule is N#Cc1ccc(C(O)CNc2ccc(Cc3ccncc3)cc2)cc1. The number of pyridine rings is 1. The van der Waals surface area contributed by atoms with Gasteiger partial charge in [-0.2, -0.15) is 5.26 Å². The van der Waals surface area contributed by atoms with Crippen LogP contribution in [0.5, 0.6) is 0 Å². The average Bonchev–Trinajstić information content (AvgIpc) is 2.68. The van der Waals surface area contributed by atoms with Crippen LogP contribution in [0.3, 0.4) is 0 Å². The lowest BCUT2D eigenvalue weighted by molar-refractivity contribution is 0.191. The quantitative estimate of drug-likeness (QED) is 0.724. The van der Waals surface area contributed by atoms with Gasteiger partial charge in [0.05, 0.1) is 17.7 Å². The van der Waals surface area contributed by atoms with Gasteiger partial charge in [0.2, 0.25) is 0 Å². The summed E-state index contributed by atoms with van der Waals surface area (Å²) in [6, 6.07) is 21.3. The summed E-state index contributed by atoms with van der Waals surface area (Å²) in [4.78, 5) is 4.03. The van der Waals surface area contributed by atoms with Crippen LogP contribution in [0.1, 0.15) is 28.4 Å². The third-order valence-corrected chi connectivity index (χ3v) is 4.04. The second-order valence-electron chi connectivity index (χ2n) is 5.86. The number of aliphatic hydroxyl groups excluding tert-OH is 1. The lowest BCUT2D eigenvalue weighted by Crippen LogP contribution is -2.12. The van der Waals surface area contributed by atoms with Crippen LogP contribution in [0.4, 0.5) is 5.69 Å². The number of nitrogens with zero attached hydrogens (tertiary/aromatic N) is 2. The van der Waals surface area contributed by atoms with E-state index in [0.717, 1.165) is 17.7 Å². The highest BCUT2D eigenvalue weighted by atomic mass is 16.3. The van der Waals surface area contributed by atoms with Gasteiger partial charge in [-0.1, -0.05) is 24.3 Å². The third kappa shape index (κ3) is 4.66. The molecule has 3 rings (SSSR count). The molecule has 0 spiro atoms. The molecule has 1 unspecified atom stereocenters. The number of rotatable bonds is 6. The molecule has 1 atom stereocenters. The second kappa shape index (κ2) is 8.09. The molecule has 0 aliphatic heterocycles. The van der Waals surface area contributed by atoms with E-state index in [9.17, 15) is 5.11 Å². The third-order valence-electron chi connectivity index (χ3n) is 4.04. The van der Waals surface area contributed by atoms with Crippen LogP contribution in [-0.4, -0.2) is 16.6 Å². The van der Waals surface area contributed by atoms with Crippen molar-refractivity contribution in [3.05, 3.63) is 95.3 Å². The van der Waals surface area contributed by atoms with Crippen molar-refractivity contribution in [1.82, 2.24) is 4.98 Å². The summed E-state index contributed by atoms with van der Waals surface area (Å²) in [5, 5.41) is 22.3. The van der Waals surface area contributed by atoms with Gasteiger partial charge in [-0.25, -0.2) is 0 Å². The number of anilines is 1. The van der Waals surface area contributed by atoms with E-state index in [0.29, 0.717) is 12.1 Å². The first-order chi connectivity index (χ1) is 12.2. The van der Waals surface area contributed by atoms with E-state index in [-0.39, 0.29) is 0 Å². The molecule has 0 bridgehead atoms. The number of benzene rings is 2. The maximum Gasteiger partial charge on any atom is 0.0991 e. The monoisotopic (exact) mass is 329 g/mol. The summed E-state index contributed by atoms with van der Waals surface area (Å²) in [5.41, 5.74) is 4.80. The van der Waals surface area contributed by atoms with Gasteiger partial charge in [0.1, 0.15) is 0 Å². The molecule has 2 aromatic carbocycles. The summed E-state index contributed by atoms with van der Waals surface area (Å²) in [5.74, 6) is 0. The van der Waals surface area contributed by atoms with Crippen molar-refractivity contribution in [1.29, 1.82) is 5.26 Å². The summed E-state index contributed by atoms with van der Waals surface area (Å²) < 4.78 is 0. The van der Waals surface area contributed by atoms with Gasteiger partial charge in [-0.15, -0.1) is 0 Å². The Morgan fingerprint density at radius 3 is 2.20 bits per heavy atom. The molecule has 4 nitrogen and oxygen atoms in total. The first-order valence-electron chi connectivity index (χ1n) is 8.14. The predicted molar refractivity (Wildman–Crippen MR) is 98.1 cm³/mol. The molecule has 0 fully saturated rings. The fourth-order valence-electron chi connectivity index (χ4n) is 2.59. The molecule has 0 saturated heterocycles. The van der Waals surface area contributed by atoms with Gasteiger partial charge >= 0.3 is 0 Å². The Hall–Kier alpha value is -3.16. The first-order valence-corrected chi connectivity index (χ1v) is 8.14. The molecule has 4 heteroatoms. The maximum atomic E-state index is 10.2. The molecule has 0 aliphatic carbocycles. The lowest BCUT2D eigenvalue weighted by Gasteiger charge is -2.13. The van der Waals surface area contributed by atoms with Crippen LogP contribution in [0.15, 0.2) is 73.1 Å². The molecule has 1 aromatic heterocycles. The Bertz CT molecular complexity index is 837. The van der Waals surface area contributed by atoms with E-state index in [4.69, 9.17) is 5.26 Å². The van der Waals surface area contributed by atoms with Crippen molar-refractivity contribution in [3.8, 4) is 6.07 Å². The summed E-state index contributed by atoms with van der Waals surface area (Å²) in [6.07, 6.45) is 3.85. The normalized spacial score (nSPS) is 11.5. The molecule has 0 radical (unpaired) electrons. The Balaban J connectivity index is 1.55. The Morgan fingerprint density at radius 2 is 1.56 bits per heavy atom. The van der Waals surface area contributed by atoms with Crippen molar-refractivity contribution < 1.29 is 5.11 Å². The highest BCUT2D eigenvalue weighted by molar-refractivity contribution is 5.45. The molecule has 25 heavy (non-hydrogen) atoms. The number of aliphatic hydroxyl groups is 1. The molecule has 2 N–H and O–H groups in total. The minimum absolute atomic E-state index is 0.412. The molecular formula is C21H19N3O. The van der Waals surface area contributed by atoms with E-state index < -0.39 is 6.10 Å². The number of aromatic nitrogens is 1. The Kier molecular flexibility index (Phi) is 5.40. The van der Waals surface area contributed by atoms with E-state index >= 15 is 0 Å². The predicted octanol–water partition coefficient (Wildman–Crippen LogP) is 3.69. The first kappa shape index (κ1) is 16.7. The zero-order valence-corrected chi connectivity index (χ0v) is 13.8. The van der Waals surface area contributed by atoms with Crippen LogP contribution in [0, 0.1) is 11.3 Å². The van der Waals surface area contributed by atoms with Crippen molar-refractivity contribution in [2.45, 2.75) is 12.5 Å². The summed E-state index contributed by atoms with van der Waals surface area (Å²) in [6.45, 7) is 0.412. The standard InChI is InChI=1S/C21H19N3O/c22-14-18-1-5-19(6-2-18)21(25)15-24-20-7-3-16(4-8-20)13-17-9-11-23-12-10-17/h1-12,21,24-25H,13,15H2. The second-order valence-corrected chi connectivity index (χ2v) is 5.86. The Labute approximate surface area is 147 Å². The number of hydrogen-bond donors (Lipinski definition) is 2. The van der Waals surface area contributed by atoms with Gasteiger partial charge in [0.15, 0.2) is 0 Å². The molecule has 0 saturated carbocycles. The zero-order valence-electron chi connectivity index (χ0n) is 13.8. The number of nitrogens with one attached hydrogen (secondary N) is 1. The number of nitriles is 1. The van der Waals surface area contributed by atoms with Crippen molar-refractivity contribution in [3.63, 3.8) is 0 Å². The van der Waals surface area contributed by atoms with Gasteiger partial charge in [0, 0.05) is 24.6 Å². The van der Waals surface area contributed by atoms with E-state index in [1.54, 1.807) is 36.7 Å². The molecule has 0 aliphatic rings. The minimum Gasteiger partial charge on any atom is -0.387 e. The lowest BCUT2D eigenvalue weighted by atomic mass is 10.1. The fourth-order valence-corrected chi connectivity index (χ4v) is 2.59. The minimum atomic E-state index is -0.621. The average molecular weight is 329 g/mol. The van der Waals surface area contributed by atoms with Gasteiger partial charge in [-0.05, 0) is 59.5 Å². The molecule has 1 heterocycles. The van der Waals surface area contributed by atoms with Gasteiger partial charge in [0.25, 0.3) is 0 Å². The van der Waals surface area contributed by atoms with Crippen LogP contribution in [0.2, 0.25) is 0 Å². The number of hydrogen-bond acceptors (Lipinski definition) is 4. The topological polar surface area (TPSA) is 68.9 Å². The zero-order chi connectivity index (χ0) is 17.5.